The minimum Gasteiger partial charge on any atom is -0.395 e. The van der Waals surface area contributed by atoms with Crippen molar-refractivity contribution < 1.29 is 9.50 Å². The molecule has 4 heteroatoms. The summed E-state index contributed by atoms with van der Waals surface area (Å²) in [5.41, 5.74) is 0.688. The molecule has 0 spiro atoms. The van der Waals surface area contributed by atoms with Gasteiger partial charge in [-0.2, -0.15) is 0 Å². The molecule has 0 aliphatic carbocycles. The zero-order valence-corrected chi connectivity index (χ0v) is 11.1. The molecule has 0 aliphatic heterocycles. The Morgan fingerprint density at radius 2 is 2.06 bits per heavy atom. The molecule has 90 valence electrons. The first-order chi connectivity index (χ1) is 7.52. The van der Waals surface area contributed by atoms with Crippen molar-refractivity contribution in [1.82, 2.24) is 5.32 Å². The van der Waals surface area contributed by atoms with Gasteiger partial charge in [0.1, 0.15) is 5.82 Å². The lowest BCUT2D eigenvalue weighted by Gasteiger charge is -2.18. The van der Waals surface area contributed by atoms with E-state index in [0.29, 0.717) is 12.0 Å². The predicted octanol–water partition coefficient (Wildman–Crippen LogP) is 2.49. The molecule has 0 amide bonds. The minimum atomic E-state index is -0.195. The van der Waals surface area contributed by atoms with Gasteiger partial charge in [-0.05, 0) is 38.0 Å². The third-order valence-corrected chi connectivity index (χ3v) is 2.88. The van der Waals surface area contributed by atoms with Crippen molar-refractivity contribution in [3.63, 3.8) is 0 Å². The van der Waals surface area contributed by atoms with E-state index < -0.39 is 0 Å². The maximum Gasteiger partial charge on any atom is 0.127 e. The van der Waals surface area contributed by atoms with Crippen LogP contribution in [0.1, 0.15) is 19.4 Å². The zero-order chi connectivity index (χ0) is 12.1. The SMILES string of the molecule is CC(CO)NC(C)Cc1ccc(Br)cc1F. The van der Waals surface area contributed by atoms with Crippen LogP contribution in [0.15, 0.2) is 22.7 Å². The standard InChI is InChI=1S/C12H17BrFNO/c1-8(15-9(2)7-16)5-10-3-4-11(13)6-12(10)14/h3-4,6,8-9,15-16H,5,7H2,1-2H3. The first-order valence-electron chi connectivity index (χ1n) is 5.33. The Hall–Kier alpha value is -0.450. The van der Waals surface area contributed by atoms with Crippen molar-refractivity contribution in [2.75, 3.05) is 6.61 Å². The first-order valence-corrected chi connectivity index (χ1v) is 6.13. The van der Waals surface area contributed by atoms with E-state index in [1.165, 1.54) is 6.07 Å². The predicted molar refractivity (Wildman–Crippen MR) is 66.9 cm³/mol. The second-order valence-corrected chi connectivity index (χ2v) is 5.01. The molecule has 1 rings (SSSR count). The maximum absolute atomic E-state index is 13.5. The molecule has 0 aromatic heterocycles. The van der Waals surface area contributed by atoms with Crippen LogP contribution in [-0.4, -0.2) is 23.8 Å². The van der Waals surface area contributed by atoms with E-state index in [1.807, 2.05) is 19.9 Å². The van der Waals surface area contributed by atoms with Gasteiger partial charge in [0, 0.05) is 16.6 Å². The van der Waals surface area contributed by atoms with Crippen LogP contribution < -0.4 is 5.32 Å². The molecule has 16 heavy (non-hydrogen) atoms. The lowest BCUT2D eigenvalue weighted by molar-refractivity contribution is 0.242. The molecule has 2 atom stereocenters. The number of aliphatic hydroxyl groups is 1. The van der Waals surface area contributed by atoms with E-state index in [-0.39, 0.29) is 24.5 Å². The van der Waals surface area contributed by atoms with Crippen LogP contribution in [0, 0.1) is 5.82 Å². The maximum atomic E-state index is 13.5. The van der Waals surface area contributed by atoms with Gasteiger partial charge in [-0.25, -0.2) is 4.39 Å². The third-order valence-electron chi connectivity index (χ3n) is 2.38. The summed E-state index contributed by atoms with van der Waals surface area (Å²) in [7, 11) is 0. The van der Waals surface area contributed by atoms with Gasteiger partial charge in [-0.15, -0.1) is 0 Å². The summed E-state index contributed by atoms with van der Waals surface area (Å²) in [6, 6.07) is 5.26. The molecule has 1 aromatic carbocycles. The molecular formula is C12H17BrFNO. The summed E-state index contributed by atoms with van der Waals surface area (Å²) in [5.74, 6) is -0.195. The molecular weight excluding hydrogens is 273 g/mol. The average Bonchev–Trinajstić information content (AvgIpc) is 2.22. The Morgan fingerprint density at radius 1 is 1.38 bits per heavy atom. The van der Waals surface area contributed by atoms with Crippen LogP contribution in [0.4, 0.5) is 4.39 Å². The quantitative estimate of drug-likeness (QED) is 0.873. The number of benzene rings is 1. The number of hydrogen-bond acceptors (Lipinski definition) is 2. The zero-order valence-electron chi connectivity index (χ0n) is 9.50. The number of halogens is 2. The van der Waals surface area contributed by atoms with Crippen molar-refractivity contribution in [3.8, 4) is 0 Å². The highest BCUT2D eigenvalue weighted by atomic mass is 79.9. The number of aliphatic hydroxyl groups excluding tert-OH is 1. The van der Waals surface area contributed by atoms with Crippen molar-refractivity contribution in [1.29, 1.82) is 0 Å². The van der Waals surface area contributed by atoms with E-state index in [2.05, 4.69) is 21.2 Å². The van der Waals surface area contributed by atoms with Gasteiger partial charge >= 0.3 is 0 Å². The molecule has 0 heterocycles. The monoisotopic (exact) mass is 289 g/mol. The molecule has 2 nitrogen and oxygen atoms in total. The van der Waals surface area contributed by atoms with Gasteiger partial charge in [0.25, 0.3) is 0 Å². The first kappa shape index (κ1) is 13.6. The summed E-state index contributed by atoms with van der Waals surface area (Å²) in [5, 5.41) is 12.1. The molecule has 0 saturated carbocycles. The summed E-state index contributed by atoms with van der Waals surface area (Å²) in [6.07, 6.45) is 0.615. The van der Waals surface area contributed by atoms with Crippen LogP contribution >= 0.6 is 15.9 Å². The Morgan fingerprint density at radius 3 is 2.62 bits per heavy atom. The number of nitrogens with one attached hydrogen (secondary N) is 1. The molecule has 0 fully saturated rings. The topological polar surface area (TPSA) is 32.3 Å². The van der Waals surface area contributed by atoms with Gasteiger partial charge in [-0.1, -0.05) is 22.0 Å². The van der Waals surface area contributed by atoms with Gasteiger partial charge in [0.2, 0.25) is 0 Å². The molecule has 1 aromatic rings. The van der Waals surface area contributed by atoms with Crippen molar-refractivity contribution in [3.05, 3.63) is 34.1 Å². The smallest absolute Gasteiger partial charge is 0.127 e. The number of hydrogen-bond donors (Lipinski definition) is 2. The molecule has 0 bridgehead atoms. The Kier molecular flexibility index (Phi) is 5.38. The van der Waals surface area contributed by atoms with E-state index in [1.54, 1.807) is 6.07 Å². The lowest BCUT2D eigenvalue weighted by Crippen LogP contribution is -2.38. The fourth-order valence-corrected chi connectivity index (χ4v) is 1.95. The largest absolute Gasteiger partial charge is 0.395 e. The van der Waals surface area contributed by atoms with Crippen LogP contribution in [-0.2, 0) is 6.42 Å². The van der Waals surface area contributed by atoms with E-state index in [9.17, 15) is 4.39 Å². The van der Waals surface area contributed by atoms with Gasteiger partial charge in [-0.3, -0.25) is 0 Å². The highest BCUT2D eigenvalue weighted by molar-refractivity contribution is 9.10. The van der Waals surface area contributed by atoms with Crippen LogP contribution in [0.5, 0.6) is 0 Å². The van der Waals surface area contributed by atoms with Crippen molar-refractivity contribution in [2.45, 2.75) is 32.4 Å². The second kappa shape index (κ2) is 6.33. The van der Waals surface area contributed by atoms with Crippen LogP contribution in [0.25, 0.3) is 0 Å². The minimum absolute atomic E-state index is 0.0357. The Balaban J connectivity index is 2.59. The van der Waals surface area contributed by atoms with Gasteiger partial charge < -0.3 is 10.4 Å². The second-order valence-electron chi connectivity index (χ2n) is 4.09. The van der Waals surface area contributed by atoms with E-state index in [0.717, 1.165) is 4.47 Å². The summed E-state index contributed by atoms with van der Waals surface area (Å²) < 4.78 is 14.3. The molecule has 2 unspecified atom stereocenters. The highest BCUT2D eigenvalue weighted by Crippen LogP contribution is 2.16. The Bertz CT molecular complexity index is 346. The van der Waals surface area contributed by atoms with Crippen LogP contribution in [0.3, 0.4) is 0 Å². The van der Waals surface area contributed by atoms with Gasteiger partial charge in [0.05, 0.1) is 6.61 Å². The van der Waals surface area contributed by atoms with Crippen molar-refractivity contribution >= 4 is 15.9 Å². The lowest BCUT2D eigenvalue weighted by atomic mass is 10.1. The van der Waals surface area contributed by atoms with Crippen LogP contribution in [0.2, 0.25) is 0 Å². The average molecular weight is 290 g/mol. The molecule has 2 N–H and O–H groups in total. The molecule has 0 aliphatic rings. The van der Waals surface area contributed by atoms with Crippen molar-refractivity contribution in [2.24, 2.45) is 0 Å². The fourth-order valence-electron chi connectivity index (χ4n) is 1.61. The number of rotatable bonds is 5. The fraction of sp³-hybridized carbons (Fsp3) is 0.500. The summed E-state index contributed by atoms with van der Waals surface area (Å²) in [6.45, 7) is 3.97. The molecule has 0 radical (unpaired) electrons. The van der Waals surface area contributed by atoms with E-state index in [4.69, 9.17) is 5.11 Å². The van der Waals surface area contributed by atoms with Gasteiger partial charge in [0.15, 0.2) is 0 Å². The van der Waals surface area contributed by atoms with E-state index >= 15 is 0 Å². The molecule has 0 saturated heterocycles. The third kappa shape index (κ3) is 4.20. The highest BCUT2D eigenvalue weighted by Gasteiger charge is 2.10. The summed E-state index contributed by atoms with van der Waals surface area (Å²) in [4.78, 5) is 0. The Labute approximate surface area is 104 Å². The normalized spacial score (nSPS) is 14.8. The summed E-state index contributed by atoms with van der Waals surface area (Å²) >= 11 is 3.23.